The molecule has 0 bridgehead atoms. The predicted octanol–water partition coefficient (Wildman–Crippen LogP) is 5.08. The van der Waals surface area contributed by atoms with Crippen molar-refractivity contribution in [2.75, 3.05) is 5.73 Å². The first-order valence-corrected chi connectivity index (χ1v) is 9.45. The average Bonchev–Trinajstić information content (AvgIpc) is 2.67. The Morgan fingerprint density at radius 2 is 1.87 bits per heavy atom. The molecular weight excluding hydrogens is 391 g/mol. The second-order valence-electron chi connectivity index (χ2n) is 7.34. The normalized spacial score (nSPS) is 11.5. The molecule has 1 amide bonds. The molecule has 0 saturated heterocycles. The molecule has 0 aliphatic rings. The molecular formula is C23H22F3N3O. The number of nitrogen functional groups attached to an aromatic ring is 1. The lowest BCUT2D eigenvalue weighted by molar-refractivity contribution is -0.137. The van der Waals surface area contributed by atoms with Crippen molar-refractivity contribution < 1.29 is 18.0 Å². The van der Waals surface area contributed by atoms with Gasteiger partial charge >= 0.3 is 6.18 Å². The maximum Gasteiger partial charge on any atom is 0.416 e. The van der Waals surface area contributed by atoms with E-state index in [1.807, 2.05) is 13.8 Å². The fourth-order valence-electron chi connectivity index (χ4n) is 3.18. The first-order chi connectivity index (χ1) is 14.1. The standard InChI is InChI=1S/C23H22F3N3O/c1-14(2)29-22(30)18-7-6-16(20(12-18)17-8-9-28-21(27)13-17)10-15-4-3-5-19(11-15)23(24,25)26/h3-9,11-14H,10H2,1-2H3,(H2,27,28)(H,29,30). The van der Waals surface area contributed by atoms with Gasteiger partial charge in [0.25, 0.3) is 5.91 Å². The van der Waals surface area contributed by atoms with E-state index < -0.39 is 11.7 Å². The molecule has 0 atom stereocenters. The van der Waals surface area contributed by atoms with Gasteiger partial charge in [0, 0.05) is 17.8 Å². The number of pyridine rings is 1. The molecule has 3 aromatic rings. The number of benzene rings is 2. The van der Waals surface area contributed by atoms with E-state index in [0.29, 0.717) is 16.9 Å². The van der Waals surface area contributed by atoms with Crippen molar-refractivity contribution in [2.24, 2.45) is 0 Å². The van der Waals surface area contributed by atoms with Crippen molar-refractivity contribution in [2.45, 2.75) is 32.5 Å². The number of hydrogen-bond donors (Lipinski definition) is 2. The molecule has 4 nitrogen and oxygen atoms in total. The summed E-state index contributed by atoms with van der Waals surface area (Å²) in [4.78, 5) is 16.4. The van der Waals surface area contributed by atoms with Crippen LogP contribution in [-0.4, -0.2) is 16.9 Å². The Morgan fingerprint density at radius 3 is 2.53 bits per heavy atom. The summed E-state index contributed by atoms with van der Waals surface area (Å²) >= 11 is 0. The molecule has 30 heavy (non-hydrogen) atoms. The quantitative estimate of drug-likeness (QED) is 0.613. The summed E-state index contributed by atoms with van der Waals surface area (Å²) in [6.07, 6.45) is -2.58. The zero-order valence-corrected chi connectivity index (χ0v) is 16.6. The number of nitrogens with zero attached hydrogens (tertiary/aromatic N) is 1. The van der Waals surface area contributed by atoms with Gasteiger partial charge in [-0.05, 0) is 72.9 Å². The molecule has 0 fully saturated rings. The third kappa shape index (κ3) is 5.17. The molecule has 2 aromatic carbocycles. The number of halogens is 3. The summed E-state index contributed by atoms with van der Waals surface area (Å²) in [6.45, 7) is 3.73. The molecule has 3 rings (SSSR count). The Labute approximate surface area is 173 Å². The lowest BCUT2D eigenvalue weighted by Crippen LogP contribution is -2.30. The van der Waals surface area contributed by atoms with Crippen molar-refractivity contribution in [3.8, 4) is 11.1 Å². The van der Waals surface area contributed by atoms with E-state index in [1.54, 1.807) is 42.6 Å². The molecule has 1 aromatic heterocycles. The number of nitrogens with one attached hydrogen (secondary N) is 1. The summed E-state index contributed by atoms with van der Waals surface area (Å²) in [5.41, 5.74) is 8.34. The maximum atomic E-state index is 13.1. The highest BCUT2D eigenvalue weighted by Gasteiger charge is 2.30. The lowest BCUT2D eigenvalue weighted by Gasteiger charge is -2.15. The Morgan fingerprint density at radius 1 is 1.10 bits per heavy atom. The molecule has 3 N–H and O–H groups in total. The lowest BCUT2D eigenvalue weighted by atomic mass is 9.92. The average molecular weight is 413 g/mol. The van der Waals surface area contributed by atoms with Crippen LogP contribution in [0.2, 0.25) is 0 Å². The SMILES string of the molecule is CC(C)NC(=O)c1ccc(Cc2cccc(C(F)(F)F)c2)c(-c2ccnc(N)c2)c1. The number of anilines is 1. The number of alkyl halides is 3. The van der Waals surface area contributed by atoms with Crippen LogP contribution in [0.4, 0.5) is 19.0 Å². The zero-order chi connectivity index (χ0) is 21.9. The van der Waals surface area contributed by atoms with E-state index in [1.165, 1.54) is 6.07 Å². The molecule has 0 spiro atoms. The highest BCUT2D eigenvalue weighted by molar-refractivity contribution is 5.96. The largest absolute Gasteiger partial charge is 0.416 e. The van der Waals surface area contributed by atoms with Gasteiger partial charge in [0.2, 0.25) is 0 Å². The Bertz CT molecular complexity index is 1060. The van der Waals surface area contributed by atoms with Crippen LogP contribution in [0.15, 0.2) is 60.8 Å². The molecule has 0 unspecified atom stereocenters. The fraction of sp³-hybridized carbons (Fsp3) is 0.217. The highest BCUT2D eigenvalue weighted by Crippen LogP contribution is 2.32. The monoisotopic (exact) mass is 413 g/mol. The Hall–Kier alpha value is -3.35. The van der Waals surface area contributed by atoms with Crippen LogP contribution in [0.1, 0.15) is 40.9 Å². The molecule has 156 valence electrons. The number of carbonyl (C=O) groups excluding carboxylic acids is 1. The molecule has 0 radical (unpaired) electrons. The number of aromatic nitrogens is 1. The van der Waals surface area contributed by atoms with Gasteiger partial charge in [-0.3, -0.25) is 4.79 Å². The minimum atomic E-state index is -4.41. The maximum absolute atomic E-state index is 13.1. The first-order valence-electron chi connectivity index (χ1n) is 9.45. The van der Waals surface area contributed by atoms with Gasteiger partial charge < -0.3 is 11.1 Å². The number of rotatable bonds is 5. The molecule has 7 heteroatoms. The van der Waals surface area contributed by atoms with E-state index in [-0.39, 0.29) is 18.4 Å². The summed E-state index contributed by atoms with van der Waals surface area (Å²) < 4.78 is 39.2. The van der Waals surface area contributed by atoms with Crippen molar-refractivity contribution in [1.82, 2.24) is 10.3 Å². The molecule has 0 saturated carbocycles. The van der Waals surface area contributed by atoms with Gasteiger partial charge in [0.15, 0.2) is 0 Å². The third-order valence-electron chi connectivity index (χ3n) is 4.53. The highest BCUT2D eigenvalue weighted by atomic mass is 19.4. The van der Waals surface area contributed by atoms with E-state index in [2.05, 4.69) is 10.3 Å². The second kappa shape index (κ2) is 8.57. The van der Waals surface area contributed by atoms with Gasteiger partial charge in [-0.1, -0.05) is 24.3 Å². The smallest absolute Gasteiger partial charge is 0.384 e. The first kappa shape index (κ1) is 21.4. The molecule has 0 aliphatic heterocycles. The van der Waals surface area contributed by atoms with Crippen LogP contribution in [0, 0.1) is 0 Å². The molecule has 1 heterocycles. The number of carbonyl (C=O) groups is 1. The van der Waals surface area contributed by atoms with Crippen molar-refractivity contribution in [3.05, 3.63) is 83.0 Å². The summed E-state index contributed by atoms with van der Waals surface area (Å²) in [6, 6.07) is 13.8. The van der Waals surface area contributed by atoms with Crippen LogP contribution >= 0.6 is 0 Å². The van der Waals surface area contributed by atoms with Crippen LogP contribution in [0.5, 0.6) is 0 Å². The summed E-state index contributed by atoms with van der Waals surface area (Å²) in [5.74, 6) is 0.0912. The molecule has 0 aliphatic carbocycles. The van der Waals surface area contributed by atoms with Crippen LogP contribution in [0.25, 0.3) is 11.1 Å². The van der Waals surface area contributed by atoms with E-state index >= 15 is 0 Å². The van der Waals surface area contributed by atoms with E-state index in [9.17, 15) is 18.0 Å². The van der Waals surface area contributed by atoms with Crippen molar-refractivity contribution >= 4 is 11.7 Å². The summed E-state index contributed by atoms with van der Waals surface area (Å²) in [7, 11) is 0. The van der Waals surface area contributed by atoms with Gasteiger partial charge in [0.1, 0.15) is 5.82 Å². The Kier molecular flexibility index (Phi) is 6.10. The second-order valence-corrected chi connectivity index (χ2v) is 7.34. The predicted molar refractivity (Wildman–Crippen MR) is 111 cm³/mol. The fourth-order valence-corrected chi connectivity index (χ4v) is 3.18. The topological polar surface area (TPSA) is 68.0 Å². The minimum Gasteiger partial charge on any atom is -0.384 e. The van der Waals surface area contributed by atoms with Crippen LogP contribution in [-0.2, 0) is 12.6 Å². The summed E-state index contributed by atoms with van der Waals surface area (Å²) in [5, 5.41) is 2.84. The third-order valence-corrected chi connectivity index (χ3v) is 4.53. The Balaban J connectivity index is 2.04. The van der Waals surface area contributed by atoms with Gasteiger partial charge in [-0.15, -0.1) is 0 Å². The number of nitrogens with two attached hydrogens (primary N) is 1. The minimum absolute atomic E-state index is 0.0256. The van der Waals surface area contributed by atoms with Crippen LogP contribution < -0.4 is 11.1 Å². The van der Waals surface area contributed by atoms with E-state index in [0.717, 1.165) is 28.8 Å². The van der Waals surface area contributed by atoms with Crippen molar-refractivity contribution in [1.29, 1.82) is 0 Å². The van der Waals surface area contributed by atoms with Gasteiger partial charge in [-0.2, -0.15) is 13.2 Å². The van der Waals surface area contributed by atoms with Gasteiger partial charge in [0.05, 0.1) is 5.56 Å². The number of hydrogen-bond acceptors (Lipinski definition) is 3. The van der Waals surface area contributed by atoms with Crippen molar-refractivity contribution in [3.63, 3.8) is 0 Å². The zero-order valence-electron chi connectivity index (χ0n) is 16.6. The van der Waals surface area contributed by atoms with Gasteiger partial charge in [-0.25, -0.2) is 4.98 Å². The number of amides is 1. The van der Waals surface area contributed by atoms with Crippen LogP contribution in [0.3, 0.4) is 0 Å². The van der Waals surface area contributed by atoms with E-state index in [4.69, 9.17) is 5.73 Å².